The number of ether oxygens (including phenoxy) is 1. The number of carboxylic acids is 1. The van der Waals surface area contributed by atoms with E-state index in [9.17, 15) is 14.7 Å². The normalized spacial score (nSPS) is 22.3. The summed E-state index contributed by atoms with van der Waals surface area (Å²) in [7, 11) is 0. The Balaban J connectivity index is 0.000000380. The van der Waals surface area contributed by atoms with Crippen molar-refractivity contribution < 1.29 is 19.4 Å². The van der Waals surface area contributed by atoms with Crippen molar-refractivity contribution in [3.63, 3.8) is 0 Å². The fraction of sp³-hybridized carbons (Fsp3) is 0.938. The molecule has 0 amide bonds. The molecular weight excluding hydrogens is 608 g/mol. The Morgan fingerprint density at radius 1 is 0.737 bits per heavy atom. The number of carbonyl (C=O) groups is 2. The maximum Gasteiger partial charge on any atom is 0.306 e. The van der Waals surface area contributed by atoms with Gasteiger partial charge in [-0.2, -0.15) is 0 Å². The Morgan fingerprint density at radius 3 is 1.87 bits per heavy atom. The van der Waals surface area contributed by atoms with Gasteiger partial charge in [-0.3, -0.25) is 9.59 Å². The van der Waals surface area contributed by atoms with Crippen molar-refractivity contribution in [1.29, 1.82) is 0 Å². The van der Waals surface area contributed by atoms with E-state index in [1.807, 2.05) is 0 Å². The number of esters is 1. The minimum absolute atomic E-state index is 0.0310. The van der Waals surface area contributed by atoms with Crippen LogP contribution in [0.3, 0.4) is 0 Å². The molecule has 2 aliphatic rings. The van der Waals surface area contributed by atoms with E-state index < -0.39 is 5.97 Å². The molecule has 38 heavy (non-hydrogen) atoms. The summed E-state index contributed by atoms with van der Waals surface area (Å²) < 4.78 is 5.49. The summed E-state index contributed by atoms with van der Waals surface area (Å²) in [5.74, 6) is 1.30. The van der Waals surface area contributed by atoms with E-state index in [0.29, 0.717) is 18.3 Å². The lowest BCUT2D eigenvalue weighted by molar-refractivity contribution is -0.145. The van der Waals surface area contributed by atoms with Gasteiger partial charge in [0.1, 0.15) is 6.10 Å². The lowest BCUT2D eigenvalue weighted by Crippen LogP contribution is -2.17. The van der Waals surface area contributed by atoms with Crippen LogP contribution in [-0.4, -0.2) is 33.8 Å². The van der Waals surface area contributed by atoms with Crippen LogP contribution in [-0.2, 0) is 14.3 Å². The highest BCUT2D eigenvalue weighted by Gasteiger charge is 2.44. The Kier molecular flexibility index (Phi) is 22.3. The molecule has 0 aromatic carbocycles. The predicted octanol–water partition coefficient (Wildman–Crippen LogP) is 10.5. The second-order valence-corrected chi connectivity index (χ2v) is 13.3. The van der Waals surface area contributed by atoms with Gasteiger partial charge in [-0.1, -0.05) is 129 Å². The average Bonchev–Trinajstić information content (AvgIpc) is 3.82. The van der Waals surface area contributed by atoms with Crippen LogP contribution in [0.2, 0.25) is 0 Å². The van der Waals surface area contributed by atoms with Crippen molar-refractivity contribution in [1.82, 2.24) is 0 Å². The van der Waals surface area contributed by atoms with Crippen LogP contribution in [0.25, 0.3) is 0 Å². The first-order chi connectivity index (χ1) is 18.5. The number of hydrogen-bond donors (Lipinski definition) is 1. The first-order valence-electron chi connectivity index (χ1n) is 16.0. The lowest BCUT2D eigenvalue weighted by Gasteiger charge is -2.12. The number of halogens is 2. The molecule has 2 saturated carbocycles. The molecule has 0 aromatic rings. The van der Waals surface area contributed by atoms with Gasteiger partial charge in [0.2, 0.25) is 0 Å². The highest BCUT2D eigenvalue weighted by molar-refractivity contribution is 9.09. The molecular formula is C32H58Br2O4. The number of hydrogen-bond acceptors (Lipinski definition) is 3. The van der Waals surface area contributed by atoms with Gasteiger partial charge >= 0.3 is 11.9 Å². The number of carboxylic acid groups (broad SMARTS) is 1. The standard InChI is InChI=1S/2C16H29BrO2/c1-2-3-7-10-14-13-15(14)19-16(18)11-8-5-4-6-9-12-17;1-2-3-6-9-13-12-15(13)14(16(18)19)10-7-4-5-8-11-17/h14-15H,2-13H2,1H3;13-15H,2-12H2,1H3,(H,18,19)/t14-,15-;13?,14-,15-/m11/s1. The van der Waals surface area contributed by atoms with Gasteiger partial charge in [0.05, 0.1) is 5.92 Å². The van der Waals surface area contributed by atoms with Crippen molar-refractivity contribution in [3.8, 4) is 0 Å². The SMILES string of the molecule is CCCCCC1C[C@H]1[C@@H](CCCCCCBr)C(=O)O.CCCCC[C@@H]1C[C@H]1OC(=O)CCCCCCCBr. The molecule has 0 bridgehead atoms. The Hall–Kier alpha value is -0.100. The van der Waals surface area contributed by atoms with Crippen LogP contribution in [0.15, 0.2) is 0 Å². The topological polar surface area (TPSA) is 63.6 Å². The summed E-state index contributed by atoms with van der Waals surface area (Å²) in [6, 6.07) is 0. The van der Waals surface area contributed by atoms with Crippen molar-refractivity contribution >= 4 is 43.8 Å². The van der Waals surface area contributed by atoms with E-state index in [4.69, 9.17) is 4.74 Å². The summed E-state index contributed by atoms with van der Waals surface area (Å²) in [5, 5.41) is 11.5. The molecule has 6 heteroatoms. The zero-order chi connectivity index (χ0) is 28.0. The smallest absolute Gasteiger partial charge is 0.306 e. The second-order valence-electron chi connectivity index (χ2n) is 11.7. The average molecular weight is 667 g/mol. The molecule has 2 aliphatic carbocycles. The molecule has 0 radical (unpaired) electrons. The van der Waals surface area contributed by atoms with Gasteiger partial charge in [-0.15, -0.1) is 0 Å². The first-order valence-corrected chi connectivity index (χ1v) is 18.3. The molecule has 1 unspecified atom stereocenters. The minimum Gasteiger partial charge on any atom is -0.481 e. The number of rotatable bonds is 24. The van der Waals surface area contributed by atoms with E-state index in [0.717, 1.165) is 48.7 Å². The van der Waals surface area contributed by atoms with E-state index in [1.54, 1.807) is 0 Å². The molecule has 4 nitrogen and oxygen atoms in total. The molecule has 0 heterocycles. The molecule has 2 fully saturated rings. The van der Waals surface area contributed by atoms with Gasteiger partial charge in [-0.25, -0.2) is 0 Å². The van der Waals surface area contributed by atoms with E-state index in [1.165, 1.54) is 96.3 Å². The maximum atomic E-state index is 11.6. The monoisotopic (exact) mass is 664 g/mol. The summed E-state index contributed by atoms with van der Waals surface area (Å²) in [4.78, 5) is 23.0. The van der Waals surface area contributed by atoms with Crippen LogP contribution >= 0.6 is 31.9 Å². The van der Waals surface area contributed by atoms with Gasteiger partial charge in [0.25, 0.3) is 0 Å². The fourth-order valence-corrected chi connectivity index (χ4v) is 6.32. The Bertz CT molecular complexity index is 598. The zero-order valence-electron chi connectivity index (χ0n) is 24.6. The van der Waals surface area contributed by atoms with Crippen molar-refractivity contribution in [2.45, 2.75) is 155 Å². The lowest BCUT2D eigenvalue weighted by atomic mass is 9.94. The van der Waals surface area contributed by atoms with Crippen molar-refractivity contribution in [2.75, 3.05) is 10.7 Å². The van der Waals surface area contributed by atoms with Crippen LogP contribution in [0, 0.1) is 23.7 Å². The molecule has 0 aliphatic heterocycles. The summed E-state index contributed by atoms with van der Waals surface area (Å²) in [6.45, 7) is 4.44. The van der Waals surface area contributed by atoms with Gasteiger partial charge in [0, 0.05) is 17.1 Å². The van der Waals surface area contributed by atoms with E-state index >= 15 is 0 Å². The van der Waals surface area contributed by atoms with E-state index in [-0.39, 0.29) is 18.0 Å². The Labute approximate surface area is 251 Å². The predicted molar refractivity (Wildman–Crippen MR) is 167 cm³/mol. The van der Waals surface area contributed by atoms with Crippen LogP contribution in [0.4, 0.5) is 0 Å². The summed E-state index contributed by atoms with van der Waals surface area (Å²) >= 11 is 6.86. The Morgan fingerprint density at radius 2 is 1.29 bits per heavy atom. The van der Waals surface area contributed by atoms with Crippen LogP contribution in [0.1, 0.15) is 149 Å². The molecule has 1 N–H and O–H groups in total. The minimum atomic E-state index is -0.552. The molecule has 5 atom stereocenters. The van der Waals surface area contributed by atoms with Crippen LogP contribution < -0.4 is 0 Å². The van der Waals surface area contributed by atoms with Gasteiger partial charge in [-0.05, 0) is 62.7 Å². The second kappa shape index (κ2) is 23.6. The molecule has 0 saturated heterocycles. The quantitative estimate of drug-likeness (QED) is 0.0633. The largest absolute Gasteiger partial charge is 0.481 e. The maximum absolute atomic E-state index is 11.6. The molecule has 2 rings (SSSR count). The van der Waals surface area contributed by atoms with E-state index in [2.05, 4.69) is 45.7 Å². The van der Waals surface area contributed by atoms with Gasteiger partial charge < -0.3 is 9.84 Å². The van der Waals surface area contributed by atoms with Gasteiger partial charge in [0.15, 0.2) is 0 Å². The van der Waals surface area contributed by atoms with Crippen LogP contribution in [0.5, 0.6) is 0 Å². The third-order valence-electron chi connectivity index (χ3n) is 8.22. The number of carbonyl (C=O) groups excluding carboxylic acids is 1. The van der Waals surface area contributed by atoms with Crippen molar-refractivity contribution in [3.05, 3.63) is 0 Å². The van der Waals surface area contributed by atoms with Crippen molar-refractivity contribution in [2.24, 2.45) is 23.7 Å². The first kappa shape index (κ1) is 35.9. The zero-order valence-corrected chi connectivity index (χ0v) is 27.8. The third-order valence-corrected chi connectivity index (χ3v) is 9.34. The number of unbranched alkanes of at least 4 members (excludes halogenated alkanes) is 11. The third kappa shape index (κ3) is 18.3. The summed E-state index contributed by atoms with van der Waals surface area (Å²) in [5.41, 5.74) is 0. The number of aliphatic carboxylic acids is 1. The highest BCUT2D eigenvalue weighted by atomic mass is 79.9. The molecule has 224 valence electrons. The fourth-order valence-electron chi connectivity index (χ4n) is 5.53. The highest BCUT2D eigenvalue weighted by Crippen LogP contribution is 2.49. The number of alkyl halides is 2. The molecule has 0 aromatic heterocycles. The molecule has 0 spiro atoms. The summed E-state index contributed by atoms with van der Waals surface area (Å²) in [6.07, 6.45) is 24.9.